The maximum atomic E-state index is 13.1. The average Bonchev–Trinajstić information content (AvgIpc) is 3.04. The number of carbonyl (C=O) groups excluding carboxylic acids is 1. The number of rotatable bonds is 5. The van der Waals surface area contributed by atoms with Crippen LogP contribution in [0, 0.1) is 18.2 Å². The number of carbonyl (C=O) groups is 1. The molecule has 1 fully saturated rings. The van der Waals surface area contributed by atoms with E-state index in [0.29, 0.717) is 32.6 Å². The van der Waals surface area contributed by atoms with Crippen molar-refractivity contribution < 1.29 is 13.9 Å². The molecule has 1 saturated heterocycles. The first-order valence-corrected chi connectivity index (χ1v) is 9.59. The fourth-order valence-corrected chi connectivity index (χ4v) is 4.30. The maximum Gasteiger partial charge on any atom is 0.228 e. The number of amides is 1. The van der Waals surface area contributed by atoms with Crippen LogP contribution in [0.15, 0.2) is 24.3 Å². The summed E-state index contributed by atoms with van der Waals surface area (Å²) in [7, 11) is 0. The minimum atomic E-state index is -0.551. The van der Waals surface area contributed by atoms with Gasteiger partial charge in [-0.1, -0.05) is 0 Å². The number of hydrogen-bond acceptors (Lipinski definition) is 5. The van der Waals surface area contributed by atoms with Crippen molar-refractivity contribution in [1.29, 1.82) is 0 Å². The van der Waals surface area contributed by atoms with E-state index in [1.807, 2.05) is 13.8 Å². The number of thiazole rings is 1. The molecule has 0 radical (unpaired) electrons. The topological polar surface area (TPSA) is 77.2 Å². The Bertz CT molecular complexity index is 776. The van der Waals surface area contributed by atoms with Gasteiger partial charge in [-0.05, 0) is 51.0 Å². The maximum absolute atomic E-state index is 13.1. The normalized spacial score (nSPS) is 17.0. The van der Waals surface area contributed by atoms with Gasteiger partial charge in [0.05, 0.1) is 22.0 Å². The number of aromatic nitrogens is 1. The van der Waals surface area contributed by atoms with Gasteiger partial charge in [-0.15, -0.1) is 23.7 Å². The Labute approximate surface area is 168 Å². The summed E-state index contributed by atoms with van der Waals surface area (Å²) in [5.41, 5.74) is 7.11. The first-order valence-electron chi connectivity index (χ1n) is 8.77. The molecule has 0 saturated carbocycles. The second-order valence-electron chi connectivity index (χ2n) is 6.77. The van der Waals surface area contributed by atoms with Gasteiger partial charge in [0.2, 0.25) is 5.91 Å². The van der Waals surface area contributed by atoms with Gasteiger partial charge in [0.25, 0.3) is 0 Å². The van der Waals surface area contributed by atoms with E-state index in [1.165, 1.54) is 23.5 Å². The third-order valence-electron chi connectivity index (χ3n) is 4.99. The molecule has 1 unspecified atom stereocenters. The first kappa shape index (κ1) is 21.8. The van der Waals surface area contributed by atoms with Crippen LogP contribution >= 0.6 is 23.7 Å². The number of nitrogens with two attached hydrogens (primary N) is 1. The van der Waals surface area contributed by atoms with Crippen molar-refractivity contribution in [3.05, 3.63) is 40.7 Å². The molecule has 27 heavy (non-hydrogen) atoms. The van der Waals surface area contributed by atoms with E-state index in [0.717, 1.165) is 21.1 Å². The predicted octanol–water partition coefficient (Wildman–Crippen LogP) is 3.61. The molecule has 1 aliphatic rings. The number of benzene rings is 1. The Morgan fingerprint density at radius 1 is 1.37 bits per heavy atom. The zero-order valence-corrected chi connectivity index (χ0v) is 17.1. The highest BCUT2D eigenvalue weighted by molar-refractivity contribution is 7.15. The number of hydrogen-bond donors (Lipinski definition) is 2. The molecule has 2 heterocycles. The molecule has 5 nitrogen and oxygen atoms in total. The van der Waals surface area contributed by atoms with Crippen LogP contribution in [0.1, 0.15) is 36.4 Å². The number of ether oxygens (including phenoxy) is 1. The highest BCUT2D eigenvalue weighted by Crippen LogP contribution is 2.34. The molecule has 0 spiro atoms. The van der Waals surface area contributed by atoms with Crippen LogP contribution in [0.5, 0.6) is 0 Å². The molecule has 1 aromatic heterocycles. The van der Waals surface area contributed by atoms with Gasteiger partial charge in [0, 0.05) is 25.3 Å². The van der Waals surface area contributed by atoms with E-state index in [4.69, 9.17) is 10.5 Å². The Morgan fingerprint density at radius 3 is 2.59 bits per heavy atom. The highest BCUT2D eigenvalue weighted by Gasteiger charge is 2.39. The summed E-state index contributed by atoms with van der Waals surface area (Å²) in [6.07, 6.45) is 1.29. The number of aryl methyl sites for hydroxylation is 1. The van der Waals surface area contributed by atoms with Crippen molar-refractivity contribution in [2.45, 2.75) is 32.7 Å². The average molecular weight is 414 g/mol. The van der Waals surface area contributed by atoms with Crippen LogP contribution in [0.4, 0.5) is 4.39 Å². The molecule has 1 aromatic carbocycles. The molecular formula is C19H25ClFN3O2S. The van der Waals surface area contributed by atoms with Crippen molar-refractivity contribution in [1.82, 2.24) is 10.3 Å². The van der Waals surface area contributed by atoms with Gasteiger partial charge in [-0.25, -0.2) is 9.37 Å². The first-order chi connectivity index (χ1) is 12.4. The zero-order valence-electron chi connectivity index (χ0n) is 15.5. The Kier molecular flexibility index (Phi) is 7.33. The van der Waals surface area contributed by atoms with Gasteiger partial charge in [0.1, 0.15) is 10.8 Å². The summed E-state index contributed by atoms with van der Waals surface area (Å²) in [5, 5.41) is 3.93. The van der Waals surface area contributed by atoms with Crippen molar-refractivity contribution in [2.24, 2.45) is 11.1 Å². The summed E-state index contributed by atoms with van der Waals surface area (Å²) >= 11 is 1.52. The molecule has 3 N–H and O–H groups in total. The van der Waals surface area contributed by atoms with Crippen LogP contribution in [-0.2, 0) is 9.53 Å². The summed E-state index contributed by atoms with van der Waals surface area (Å²) < 4.78 is 18.5. The third-order valence-corrected chi connectivity index (χ3v) is 6.38. The number of halogens is 2. The van der Waals surface area contributed by atoms with Crippen LogP contribution in [-0.4, -0.2) is 30.6 Å². The van der Waals surface area contributed by atoms with Crippen molar-refractivity contribution in [3.8, 4) is 10.6 Å². The minimum absolute atomic E-state index is 0. The molecular weight excluding hydrogens is 389 g/mol. The smallest absolute Gasteiger partial charge is 0.228 e. The second kappa shape index (κ2) is 9.10. The number of nitrogens with one attached hydrogen (secondary N) is 1. The van der Waals surface area contributed by atoms with Crippen molar-refractivity contribution >= 4 is 29.7 Å². The molecule has 1 amide bonds. The lowest BCUT2D eigenvalue weighted by Crippen LogP contribution is -2.49. The zero-order chi connectivity index (χ0) is 18.7. The largest absolute Gasteiger partial charge is 0.381 e. The Morgan fingerprint density at radius 2 is 2.00 bits per heavy atom. The molecule has 0 aliphatic carbocycles. The third kappa shape index (κ3) is 4.66. The van der Waals surface area contributed by atoms with E-state index in [2.05, 4.69) is 10.3 Å². The second-order valence-corrected chi connectivity index (χ2v) is 7.80. The molecule has 2 aromatic rings. The fourth-order valence-electron chi connectivity index (χ4n) is 3.23. The van der Waals surface area contributed by atoms with Crippen LogP contribution in [0.25, 0.3) is 10.6 Å². The lowest BCUT2D eigenvalue weighted by atomic mass is 9.79. The lowest BCUT2D eigenvalue weighted by Gasteiger charge is -2.35. The van der Waals surface area contributed by atoms with E-state index >= 15 is 0 Å². The molecule has 148 valence electrons. The summed E-state index contributed by atoms with van der Waals surface area (Å²) in [4.78, 5) is 18.4. The monoisotopic (exact) mass is 413 g/mol. The van der Waals surface area contributed by atoms with E-state index in [-0.39, 0.29) is 30.2 Å². The highest BCUT2D eigenvalue weighted by atomic mass is 35.5. The van der Waals surface area contributed by atoms with Crippen LogP contribution in [0.2, 0.25) is 0 Å². The summed E-state index contributed by atoms with van der Waals surface area (Å²) in [5.74, 6) is -0.293. The Hall–Kier alpha value is -1.54. The van der Waals surface area contributed by atoms with E-state index < -0.39 is 5.41 Å². The quantitative estimate of drug-likeness (QED) is 0.784. The van der Waals surface area contributed by atoms with Gasteiger partial charge < -0.3 is 15.8 Å². The minimum Gasteiger partial charge on any atom is -0.381 e. The summed E-state index contributed by atoms with van der Waals surface area (Å²) in [6, 6.07) is 6.11. The molecule has 0 bridgehead atoms. The summed E-state index contributed by atoms with van der Waals surface area (Å²) in [6.45, 7) is 5.32. The molecule has 1 atom stereocenters. The van der Waals surface area contributed by atoms with Gasteiger partial charge in [0.15, 0.2) is 0 Å². The number of nitrogens with zero attached hydrogens (tertiary/aromatic N) is 1. The van der Waals surface area contributed by atoms with E-state index in [9.17, 15) is 9.18 Å². The predicted molar refractivity (Wildman–Crippen MR) is 108 cm³/mol. The van der Waals surface area contributed by atoms with Gasteiger partial charge >= 0.3 is 0 Å². The lowest BCUT2D eigenvalue weighted by molar-refractivity contribution is -0.136. The SMILES string of the molecule is Cc1nc(-c2ccc(F)cc2)sc1C(C)NC(=O)C1(CN)CCOCC1.Cl. The van der Waals surface area contributed by atoms with Crippen molar-refractivity contribution in [2.75, 3.05) is 19.8 Å². The van der Waals surface area contributed by atoms with Crippen molar-refractivity contribution in [3.63, 3.8) is 0 Å². The van der Waals surface area contributed by atoms with Gasteiger partial charge in [-0.2, -0.15) is 0 Å². The fraction of sp³-hybridized carbons (Fsp3) is 0.474. The van der Waals surface area contributed by atoms with Crippen LogP contribution in [0.3, 0.4) is 0 Å². The van der Waals surface area contributed by atoms with Crippen LogP contribution < -0.4 is 11.1 Å². The standard InChI is InChI=1S/C19H24FN3O2S.ClH/c1-12-16(26-17(22-12)14-3-5-15(20)6-4-14)13(2)23-18(24)19(11-21)7-9-25-10-8-19;/h3-6,13H,7-11,21H2,1-2H3,(H,23,24);1H. The molecule has 1 aliphatic heterocycles. The van der Waals surface area contributed by atoms with Gasteiger partial charge in [-0.3, -0.25) is 4.79 Å². The Balaban J connectivity index is 0.00000261. The molecule has 3 rings (SSSR count). The molecule has 8 heteroatoms. The van der Waals surface area contributed by atoms with E-state index in [1.54, 1.807) is 12.1 Å².